The predicted molar refractivity (Wildman–Crippen MR) is 86.9 cm³/mol. The molecule has 3 rings (SSSR count). The van der Waals surface area contributed by atoms with Crippen LogP contribution in [0.4, 0.5) is 10.3 Å². The minimum Gasteiger partial charge on any atom is -0.302 e. The Balaban J connectivity index is 1.56. The number of thiazole rings is 2. The van der Waals surface area contributed by atoms with Gasteiger partial charge in [-0.15, -0.1) is 22.7 Å². The number of carbonyl (C=O) groups is 2. The first-order valence-electron chi connectivity index (χ1n) is 7.13. The van der Waals surface area contributed by atoms with Crippen molar-refractivity contribution in [1.29, 1.82) is 0 Å². The van der Waals surface area contributed by atoms with Crippen LogP contribution in [0.1, 0.15) is 25.7 Å². The molecule has 0 aliphatic heterocycles. The van der Waals surface area contributed by atoms with Crippen molar-refractivity contribution in [3.8, 4) is 0 Å². The first kappa shape index (κ1) is 15.1. The summed E-state index contributed by atoms with van der Waals surface area (Å²) in [7, 11) is 0. The molecule has 1 fully saturated rings. The van der Waals surface area contributed by atoms with E-state index in [0.29, 0.717) is 16.7 Å². The molecule has 2 amide bonds. The number of amides is 2. The third-order valence-electron chi connectivity index (χ3n) is 3.74. The number of anilines is 2. The molecule has 2 atom stereocenters. The van der Waals surface area contributed by atoms with Crippen molar-refractivity contribution in [3.63, 3.8) is 0 Å². The number of nitrogens with one attached hydrogen (secondary N) is 2. The Labute approximate surface area is 136 Å². The molecule has 2 heterocycles. The standard InChI is InChI=1S/C14H16N4O2S2/c19-11(17-13-15-4-6-21-13)9-2-1-3-10(8-9)12(20)18-14-16-5-7-22-14/h4-7,9-10H,1-3,8H2,(H,15,17,19)(H,16,18,20)/t9-,10-/m1/s1. The first-order chi connectivity index (χ1) is 10.7. The van der Waals surface area contributed by atoms with Gasteiger partial charge in [0.05, 0.1) is 0 Å². The van der Waals surface area contributed by atoms with Crippen LogP contribution < -0.4 is 10.6 Å². The lowest BCUT2D eigenvalue weighted by Gasteiger charge is -2.27. The van der Waals surface area contributed by atoms with Crippen molar-refractivity contribution in [1.82, 2.24) is 9.97 Å². The van der Waals surface area contributed by atoms with Gasteiger partial charge in [-0.2, -0.15) is 0 Å². The van der Waals surface area contributed by atoms with Gasteiger partial charge in [-0.25, -0.2) is 9.97 Å². The molecular weight excluding hydrogens is 320 g/mol. The topological polar surface area (TPSA) is 84.0 Å². The van der Waals surface area contributed by atoms with Gasteiger partial charge in [0.1, 0.15) is 0 Å². The van der Waals surface area contributed by atoms with Crippen molar-refractivity contribution in [2.45, 2.75) is 25.7 Å². The molecule has 1 aliphatic carbocycles. The number of hydrogen-bond donors (Lipinski definition) is 2. The molecule has 0 unspecified atom stereocenters. The van der Waals surface area contributed by atoms with Crippen LogP contribution in [-0.4, -0.2) is 21.8 Å². The van der Waals surface area contributed by atoms with Crippen LogP contribution in [0, 0.1) is 11.8 Å². The maximum Gasteiger partial charge on any atom is 0.229 e. The van der Waals surface area contributed by atoms with Gasteiger partial charge in [0, 0.05) is 35.0 Å². The van der Waals surface area contributed by atoms with E-state index in [9.17, 15) is 9.59 Å². The Bertz CT molecular complexity index is 573. The van der Waals surface area contributed by atoms with E-state index >= 15 is 0 Å². The molecule has 6 nitrogen and oxygen atoms in total. The van der Waals surface area contributed by atoms with Crippen LogP contribution >= 0.6 is 22.7 Å². The SMILES string of the molecule is O=C(Nc1nccs1)[C@@H]1CCC[C@@H](C(=O)Nc2nccs2)C1. The lowest BCUT2D eigenvalue weighted by molar-refractivity contribution is -0.124. The second-order valence-electron chi connectivity index (χ2n) is 5.21. The zero-order valence-electron chi connectivity index (χ0n) is 11.8. The van der Waals surface area contributed by atoms with E-state index < -0.39 is 0 Å². The van der Waals surface area contributed by atoms with E-state index in [0.717, 1.165) is 19.3 Å². The Hall–Kier alpha value is -1.80. The van der Waals surface area contributed by atoms with E-state index in [-0.39, 0.29) is 23.7 Å². The molecule has 0 bridgehead atoms. The summed E-state index contributed by atoms with van der Waals surface area (Å²) in [5.41, 5.74) is 0. The Kier molecular flexibility index (Phi) is 4.79. The smallest absolute Gasteiger partial charge is 0.229 e. The van der Waals surface area contributed by atoms with Crippen LogP contribution in [0.15, 0.2) is 23.2 Å². The number of carbonyl (C=O) groups excluding carboxylic acids is 2. The van der Waals surface area contributed by atoms with Gasteiger partial charge in [-0.1, -0.05) is 6.42 Å². The molecule has 2 aromatic heterocycles. The molecule has 2 aromatic rings. The second kappa shape index (κ2) is 6.97. The van der Waals surface area contributed by atoms with Crippen molar-refractivity contribution >= 4 is 44.8 Å². The monoisotopic (exact) mass is 336 g/mol. The summed E-state index contributed by atoms with van der Waals surface area (Å²) in [6, 6.07) is 0. The zero-order chi connectivity index (χ0) is 15.4. The van der Waals surface area contributed by atoms with E-state index in [1.807, 2.05) is 10.8 Å². The quantitative estimate of drug-likeness (QED) is 0.899. The maximum atomic E-state index is 12.3. The van der Waals surface area contributed by atoms with E-state index in [2.05, 4.69) is 20.6 Å². The van der Waals surface area contributed by atoms with Gasteiger partial charge in [0.2, 0.25) is 11.8 Å². The summed E-state index contributed by atoms with van der Waals surface area (Å²) in [6.07, 6.45) is 6.41. The van der Waals surface area contributed by atoms with Crippen LogP contribution in [0.2, 0.25) is 0 Å². The normalized spacial score (nSPS) is 21.3. The summed E-state index contributed by atoms with van der Waals surface area (Å²) < 4.78 is 0. The number of aromatic nitrogens is 2. The third kappa shape index (κ3) is 3.69. The Morgan fingerprint density at radius 2 is 1.45 bits per heavy atom. The largest absolute Gasteiger partial charge is 0.302 e. The van der Waals surface area contributed by atoms with E-state index in [1.165, 1.54) is 22.7 Å². The average molecular weight is 336 g/mol. The molecule has 0 spiro atoms. The summed E-state index contributed by atoms with van der Waals surface area (Å²) in [5, 5.41) is 10.5. The highest BCUT2D eigenvalue weighted by molar-refractivity contribution is 7.14. The molecule has 8 heteroatoms. The number of nitrogens with zero attached hydrogens (tertiary/aromatic N) is 2. The minimum atomic E-state index is -0.135. The van der Waals surface area contributed by atoms with Crippen LogP contribution in [0.3, 0.4) is 0 Å². The van der Waals surface area contributed by atoms with E-state index in [4.69, 9.17) is 0 Å². The number of rotatable bonds is 4. The van der Waals surface area contributed by atoms with Gasteiger partial charge >= 0.3 is 0 Å². The van der Waals surface area contributed by atoms with Gasteiger partial charge in [-0.05, 0) is 19.3 Å². The molecule has 1 aliphatic rings. The summed E-state index contributed by atoms with van der Waals surface area (Å²) in [4.78, 5) is 32.6. The molecular formula is C14H16N4O2S2. The molecule has 0 saturated heterocycles. The van der Waals surface area contributed by atoms with Crippen molar-refractivity contribution in [2.24, 2.45) is 11.8 Å². The second-order valence-corrected chi connectivity index (χ2v) is 7.00. The van der Waals surface area contributed by atoms with E-state index in [1.54, 1.807) is 12.4 Å². The lowest BCUT2D eigenvalue weighted by Crippen LogP contribution is -2.33. The Morgan fingerprint density at radius 3 is 1.86 bits per heavy atom. The molecule has 2 N–H and O–H groups in total. The van der Waals surface area contributed by atoms with Crippen LogP contribution in [0.25, 0.3) is 0 Å². The lowest BCUT2D eigenvalue weighted by atomic mass is 9.80. The van der Waals surface area contributed by atoms with Crippen LogP contribution in [0.5, 0.6) is 0 Å². The number of hydrogen-bond acceptors (Lipinski definition) is 6. The summed E-state index contributed by atoms with van der Waals surface area (Å²) >= 11 is 2.79. The fraction of sp³-hybridized carbons (Fsp3) is 0.429. The predicted octanol–water partition coefficient (Wildman–Crippen LogP) is 2.98. The Morgan fingerprint density at radius 1 is 0.955 bits per heavy atom. The third-order valence-corrected chi connectivity index (χ3v) is 5.12. The van der Waals surface area contributed by atoms with Crippen molar-refractivity contribution in [3.05, 3.63) is 23.2 Å². The minimum absolute atomic E-state index is 0.0401. The maximum absolute atomic E-state index is 12.3. The molecule has 22 heavy (non-hydrogen) atoms. The summed E-state index contributed by atoms with van der Waals surface area (Å²) in [6.45, 7) is 0. The molecule has 1 saturated carbocycles. The van der Waals surface area contributed by atoms with Crippen LogP contribution in [-0.2, 0) is 9.59 Å². The highest BCUT2D eigenvalue weighted by Gasteiger charge is 2.31. The zero-order valence-corrected chi connectivity index (χ0v) is 13.5. The first-order valence-corrected chi connectivity index (χ1v) is 8.89. The fourth-order valence-corrected chi connectivity index (χ4v) is 3.72. The highest BCUT2D eigenvalue weighted by Crippen LogP contribution is 2.31. The average Bonchev–Trinajstić information content (AvgIpc) is 3.21. The molecule has 116 valence electrons. The van der Waals surface area contributed by atoms with Crippen molar-refractivity contribution in [2.75, 3.05) is 10.6 Å². The molecule has 0 radical (unpaired) electrons. The van der Waals surface area contributed by atoms with Crippen molar-refractivity contribution < 1.29 is 9.59 Å². The van der Waals surface area contributed by atoms with Gasteiger partial charge in [0.15, 0.2) is 10.3 Å². The molecule has 0 aromatic carbocycles. The highest BCUT2D eigenvalue weighted by atomic mass is 32.1. The van der Waals surface area contributed by atoms with Gasteiger partial charge < -0.3 is 10.6 Å². The van der Waals surface area contributed by atoms with Gasteiger partial charge in [-0.3, -0.25) is 9.59 Å². The fourth-order valence-electron chi connectivity index (χ4n) is 2.65. The van der Waals surface area contributed by atoms with Gasteiger partial charge in [0.25, 0.3) is 0 Å². The summed E-state index contributed by atoms with van der Waals surface area (Å²) in [5.74, 6) is -0.349.